The molecule has 2 nitrogen and oxygen atoms in total. The van der Waals surface area contributed by atoms with Crippen LogP contribution in [0.2, 0.25) is 5.15 Å². The van der Waals surface area contributed by atoms with Gasteiger partial charge in [-0.3, -0.25) is 0 Å². The molecule has 3 atom stereocenters. The van der Waals surface area contributed by atoms with E-state index in [2.05, 4.69) is 31.8 Å². The van der Waals surface area contributed by atoms with Gasteiger partial charge in [0, 0.05) is 26.5 Å². The average Bonchev–Trinajstić information content (AvgIpc) is 2.85. The first-order valence-electron chi connectivity index (χ1n) is 6.81. The van der Waals surface area contributed by atoms with E-state index in [0.29, 0.717) is 20.9 Å². The van der Waals surface area contributed by atoms with Gasteiger partial charge in [-0.2, -0.15) is 11.8 Å². The van der Waals surface area contributed by atoms with Crippen LogP contribution in [0.25, 0.3) is 10.2 Å². The molecular weight excluding hydrogens is 328 g/mol. The van der Waals surface area contributed by atoms with Crippen molar-refractivity contribution in [3.8, 4) is 0 Å². The highest BCUT2D eigenvalue weighted by atomic mass is 35.5. The van der Waals surface area contributed by atoms with Crippen LogP contribution >= 0.6 is 46.5 Å². The molecule has 1 fully saturated rings. The van der Waals surface area contributed by atoms with E-state index in [1.807, 2.05) is 23.5 Å². The first kappa shape index (κ1) is 14.9. The maximum absolute atomic E-state index is 6.36. The molecule has 0 aromatic carbocycles. The lowest BCUT2D eigenvalue weighted by Crippen LogP contribution is -2.22. The molecule has 0 aliphatic carbocycles. The fourth-order valence-electron chi connectivity index (χ4n) is 2.19. The van der Waals surface area contributed by atoms with Crippen LogP contribution < -0.4 is 0 Å². The number of halogens is 1. The summed E-state index contributed by atoms with van der Waals surface area (Å²) in [6, 6.07) is 2.12. The molecule has 0 bridgehead atoms. The third-order valence-electron chi connectivity index (χ3n) is 3.60. The van der Waals surface area contributed by atoms with E-state index in [0.717, 1.165) is 28.2 Å². The number of thiophene rings is 1. The van der Waals surface area contributed by atoms with Gasteiger partial charge in [0.2, 0.25) is 0 Å². The van der Waals surface area contributed by atoms with E-state index >= 15 is 0 Å². The Morgan fingerprint density at radius 3 is 2.80 bits per heavy atom. The Hall–Kier alpha value is 0.0300. The van der Waals surface area contributed by atoms with Gasteiger partial charge >= 0.3 is 0 Å². The molecule has 0 N–H and O–H groups in total. The third-order valence-corrected chi connectivity index (χ3v) is 8.45. The lowest BCUT2D eigenvalue weighted by Gasteiger charge is -2.30. The first-order chi connectivity index (χ1) is 9.58. The van der Waals surface area contributed by atoms with Gasteiger partial charge in [0.15, 0.2) is 0 Å². The van der Waals surface area contributed by atoms with Gasteiger partial charge in [0.05, 0.1) is 5.25 Å². The van der Waals surface area contributed by atoms with Crippen molar-refractivity contribution in [1.29, 1.82) is 0 Å². The summed E-state index contributed by atoms with van der Waals surface area (Å²) >= 11 is 12.1. The molecule has 1 aliphatic rings. The Morgan fingerprint density at radius 1 is 1.30 bits per heavy atom. The average molecular weight is 345 g/mol. The smallest absolute Gasteiger partial charge is 0.145 e. The summed E-state index contributed by atoms with van der Waals surface area (Å²) in [6.07, 6.45) is 1.02. The van der Waals surface area contributed by atoms with Gasteiger partial charge in [-0.25, -0.2) is 9.97 Å². The van der Waals surface area contributed by atoms with E-state index in [1.165, 1.54) is 4.88 Å². The zero-order valence-electron chi connectivity index (χ0n) is 11.7. The second-order valence-electron chi connectivity index (χ2n) is 5.03. The van der Waals surface area contributed by atoms with Crippen molar-refractivity contribution < 1.29 is 0 Å². The summed E-state index contributed by atoms with van der Waals surface area (Å²) < 4.78 is 0. The number of aryl methyl sites for hydroxylation is 1. The molecule has 3 heterocycles. The third kappa shape index (κ3) is 2.82. The van der Waals surface area contributed by atoms with E-state index in [9.17, 15) is 0 Å². The minimum atomic E-state index is 0.361. The highest BCUT2D eigenvalue weighted by Gasteiger charge is 2.29. The van der Waals surface area contributed by atoms with Gasteiger partial charge in [0.1, 0.15) is 15.8 Å². The zero-order valence-corrected chi connectivity index (χ0v) is 14.9. The summed E-state index contributed by atoms with van der Waals surface area (Å²) in [7, 11) is 0. The number of rotatable bonds is 2. The van der Waals surface area contributed by atoms with Crippen molar-refractivity contribution in [1.82, 2.24) is 9.97 Å². The van der Waals surface area contributed by atoms with Crippen molar-refractivity contribution in [2.45, 2.75) is 42.9 Å². The normalized spacial score (nSPS) is 27.1. The fourth-order valence-corrected chi connectivity index (χ4v) is 6.29. The van der Waals surface area contributed by atoms with Crippen LogP contribution in [-0.2, 0) is 6.42 Å². The highest BCUT2D eigenvalue weighted by Crippen LogP contribution is 2.44. The van der Waals surface area contributed by atoms with E-state index < -0.39 is 0 Å². The molecule has 3 rings (SSSR count). The first-order valence-corrected chi connectivity index (χ1v) is 10.00. The largest absolute Gasteiger partial charge is 0.221 e. The van der Waals surface area contributed by atoms with Crippen LogP contribution in [0, 0.1) is 0 Å². The Labute approximate surface area is 137 Å². The maximum Gasteiger partial charge on any atom is 0.145 e. The van der Waals surface area contributed by atoms with E-state index in [-0.39, 0.29) is 0 Å². The standard InChI is InChI=1S/C14H17ClN2S3/c1-4-9-5-10-12(15)16-13(17-14(10)20-9)11-6-18-7(2)8(3)19-11/h5,7-8,11H,4,6H2,1-3H3. The minimum Gasteiger partial charge on any atom is -0.221 e. The predicted octanol–water partition coefficient (Wildman–Crippen LogP) is 5.21. The number of aromatic nitrogens is 2. The van der Waals surface area contributed by atoms with Gasteiger partial charge in [-0.15, -0.1) is 23.1 Å². The minimum absolute atomic E-state index is 0.361. The number of hydrogen-bond acceptors (Lipinski definition) is 5. The molecule has 1 aliphatic heterocycles. The molecule has 0 radical (unpaired) electrons. The summed E-state index contributed by atoms with van der Waals surface area (Å²) in [6.45, 7) is 6.74. The SMILES string of the molecule is CCc1cc2c(Cl)nc(C3CSC(C)C(C)S3)nc2s1. The number of thioether (sulfide) groups is 2. The monoisotopic (exact) mass is 344 g/mol. The highest BCUT2D eigenvalue weighted by molar-refractivity contribution is 8.07. The van der Waals surface area contributed by atoms with E-state index in [4.69, 9.17) is 16.6 Å². The molecule has 20 heavy (non-hydrogen) atoms. The van der Waals surface area contributed by atoms with Crippen LogP contribution in [0.5, 0.6) is 0 Å². The summed E-state index contributed by atoms with van der Waals surface area (Å²) in [4.78, 5) is 11.7. The molecule has 3 unspecified atom stereocenters. The zero-order chi connectivity index (χ0) is 14.3. The topological polar surface area (TPSA) is 25.8 Å². The summed E-state index contributed by atoms with van der Waals surface area (Å²) in [5, 5.41) is 3.31. The molecule has 6 heteroatoms. The van der Waals surface area contributed by atoms with Crippen LogP contribution in [0.4, 0.5) is 0 Å². The second-order valence-corrected chi connectivity index (χ2v) is 9.49. The van der Waals surface area contributed by atoms with Gasteiger partial charge < -0.3 is 0 Å². The van der Waals surface area contributed by atoms with Crippen LogP contribution in [0.1, 0.15) is 36.7 Å². The summed E-state index contributed by atoms with van der Waals surface area (Å²) in [5.41, 5.74) is 0. The van der Waals surface area contributed by atoms with Crippen LogP contribution in [0.15, 0.2) is 6.07 Å². The van der Waals surface area contributed by atoms with Crippen molar-refractivity contribution in [2.24, 2.45) is 0 Å². The maximum atomic E-state index is 6.36. The lowest BCUT2D eigenvalue weighted by molar-refractivity contribution is 0.866. The van der Waals surface area contributed by atoms with Gasteiger partial charge in [-0.05, 0) is 12.5 Å². The Morgan fingerprint density at radius 2 is 2.10 bits per heavy atom. The van der Waals surface area contributed by atoms with Crippen molar-refractivity contribution in [3.05, 3.63) is 21.9 Å². The van der Waals surface area contributed by atoms with Gasteiger partial charge in [0.25, 0.3) is 0 Å². The number of fused-ring (bicyclic) bond motifs is 1. The van der Waals surface area contributed by atoms with Gasteiger partial charge in [-0.1, -0.05) is 32.4 Å². The van der Waals surface area contributed by atoms with Crippen molar-refractivity contribution in [3.63, 3.8) is 0 Å². The molecule has 1 saturated heterocycles. The number of hydrogen-bond donors (Lipinski definition) is 0. The second kappa shape index (κ2) is 6.03. The molecule has 2 aromatic rings. The summed E-state index contributed by atoms with van der Waals surface area (Å²) in [5.74, 6) is 1.98. The molecule has 0 spiro atoms. The van der Waals surface area contributed by atoms with E-state index in [1.54, 1.807) is 11.3 Å². The van der Waals surface area contributed by atoms with Crippen LogP contribution in [0.3, 0.4) is 0 Å². The Bertz CT molecular complexity index is 628. The molecule has 0 amide bonds. The fraction of sp³-hybridized carbons (Fsp3) is 0.571. The van der Waals surface area contributed by atoms with Crippen LogP contribution in [-0.4, -0.2) is 26.2 Å². The number of nitrogens with zero attached hydrogens (tertiary/aromatic N) is 2. The quantitative estimate of drug-likeness (QED) is 0.699. The predicted molar refractivity (Wildman–Crippen MR) is 93.5 cm³/mol. The molecule has 108 valence electrons. The van der Waals surface area contributed by atoms with Crippen molar-refractivity contribution >= 4 is 56.7 Å². The Kier molecular flexibility index (Phi) is 4.51. The molecule has 0 saturated carbocycles. The molecular formula is C14H17ClN2S3. The lowest BCUT2D eigenvalue weighted by atomic mass is 10.3. The molecule has 2 aromatic heterocycles. The van der Waals surface area contributed by atoms with Crippen molar-refractivity contribution in [2.75, 3.05) is 5.75 Å². The Balaban J connectivity index is 1.96.